The number of benzene rings is 1. The Labute approximate surface area is 114 Å². The molecule has 1 amide bonds. The van der Waals surface area contributed by atoms with Crippen LogP contribution in [0.15, 0.2) is 30.4 Å². The van der Waals surface area contributed by atoms with Gasteiger partial charge in [0.2, 0.25) is 0 Å². The van der Waals surface area contributed by atoms with Crippen LogP contribution in [0.3, 0.4) is 0 Å². The van der Waals surface area contributed by atoms with Crippen molar-refractivity contribution in [3.8, 4) is 0 Å². The Bertz CT molecular complexity index is 624. The first-order valence-corrected chi connectivity index (χ1v) is 5.97. The first-order chi connectivity index (χ1) is 9.47. The number of hydrogen-bond donors (Lipinski definition) is 0. The van der Waals surface area contributed by atoms with Crippen molar-refractivity contribution in [1.29, 1.82) is 0 Å². The summed E-state index contributed by atoms with van der Waals surface area (Å²) in [6.07, 6.45) is 0. The minimum atomic E-state index is -0.879. The minimum absolute atomic E-state index is 0.00772. The van der Waals surface area contributed by atoms with E-state index >= 15 is 0 Å². The monoisotopic (exact) mass is 277 g/mol. The summed E-state index contributed by atoms with van der Waals surface area (Å²) in [7, 11) is 0. The summed E-state index contributed by atoms with van der Waals surface area (Å²) in [5.74, 6) is -3.05. The minimum Gasteiger partial charge on any atom is -0.463 e. The Morgan fingerprint density at radius 2 is 2.10 bits per heavy atom. The van der Waals surface area contributed by atoms with Gasteiger partial charge in [0.1, 0.15) is 5.82 Å². The van der Waals surface area contributed by atoms with Crippen LogP contribution in [0.1, 0.15) is 17.3 Å². The lowest BCUT2D eigenvalue weighted by atomic mass is 10.1. The summed E-state index contributed by atoms with van der Waals surface area (Å²) in [5, 5.41) is 0. The van der Waals surface area contributed by atoms with Crippen molar-refractivity contribution >= 4 is 23.3 Å². The summed E-state index contributed by atoms with van der Waals surface area (Å²) in [4.78, 5) is 36.0. The maximum absolute atomic E-state index is 13.8. The highest BCUT2D eigenvalue weighted by molar-refractivity contribution is 6.52. The molecule has 0 saturated carbocycles. The molecule has 0 unspecified atom stereocenters. The number of rotatable bonds is 4. The van der Waals surface area contributed by atoms with Gasteiger partial charge in [0, 0.05) is 5.57 Å². The molecule has 0 saturated heterocycles. The van der Waals surface area contributed by atoms with Gasteiger partial charge in [0.05, 0.1) is 24.4 Å². The molecule has 1 aliphatic rings. The molecular formula is C14H12FNO4. The van der Waals surface area contributed by atoms with E-state index in [0.29, 0.717) is 0 Å². The van der Waals surface area contributed by atoms with Gasteiger partial charge in [0.25, 0.3) is 11.7 Å². The molecule has 5 nitrogen and oxygen atoms in total. The lowest BCUT2D eigenvalue weighted by Gasteiger charge is -2.17. The van der Waals surface area contributed by atoms with Crippen LogP contribution in [-0.2, 0) is 14.3 Å². The molecule has 0 aromatic heterocycles. The van der Waals surface area contributed by atoms with Crippen LogP contribution in [0.5, 0.6) is 0 Å². The van der Waals surface area contributed by atoms with E-state index in [-0.39, 0.29) is 30.0 Å². The second kappa shape index (κ2) is 5.24. The molecule has 1 aromatic carbocycles. The van der Waals surface area contributed by atoms with Crippen LogP contribution in [0.25, 0.3) is 0 Å². The highest BCUT2D eigenvalue weighted by atomic mass is 19.1. The van der Waals surface area contributed by atoms with E-state index in [1.54, 1.807) is 6.92 Å². The standard InChI is InChI=1S/C14H12FNO4/c1-3-20-14(19)8(2)7-16-11-9(12(17)13(16)18)5-4-6-10(11)15/h4-6H,2-3,7H2,1H3. The molecule has 1 aliphatic heterocycles. The molecule has 0 N–H and O–H groups in total. The zero-order valence-corrected chi connectivity index (χ0v) is 10.8. The summed E-state index contributed by atoms with van der Waals surface area (Å²) >= 11 is 0. The normalized spacial score (nSPS) is 13.4. The summed E-state index contributed by atoms with van der Waals surface area (Å²) in [6.45, 7) is 5.01. The molecule has 20 heavy (non-hydrogen) atoms. The van der Waals surface area contributed by atoms with Gasteiger partial charge in [0.15, 0.2) is 0 Å². The van der Waals surface area contributed by atoms with Crippen molar-refractivity contribution in [1.82, 2.24) is 0 Å². The molecule has 1 aromatic rings. The number of carbonyl (C=O) groups excluding carboxylic acids is 3. The number of ketones is 1. The van der Waals surface area contributed by atoms with E-state index in [1.165, 1.54) is 12.1 Å². The van der Waals surface area contributed by atoms with Crippen molar-refractivity contribution in [2.75, 3.05) is 18.1 Å². The first-order valence-electron chi connectivity index (χ1n) is 5.97. The van der Waals surface area contributed by atoms with Gasteiger partial charge < -0.3 is 4.74 Å². The van der Waals surface area contributed by atoms with E-state index in [1.807, 2.05) is 0 Å². The lowest BCUT2D eigenvalue weighted by molar-refractivity contribution is -0.138. The average molecular weight is 277 g/mol. The van der Waals surface area contributed by atoms with Gasteiger partial charge in [-0.15, -0.1) is 0 Å². The Morgan fingerprint density at radius 1 is 1.40 bits per heavy atom. The molecule has 0 aliphatic carbocycles. The Balaban J connectivity index is 2.31. The molecule has 2 rings (SSSR count). The van der Waals surface area contributed by atoms with Crippen LogP contribution >= 0.6 is 0 Å². The molecule has 6 heteroatoms. The number of fused-ring (bicyclic) bond motifs is 1. The second-order valence-electron chi connectivity index (χ2n) is 4.18. The molecule has 1 heterocycles. The summed E-state index contributed by atoms with van der Waals surface area (Å²) in [6, 6.07) is 3.86. The number of carbonyl (C=O) groups is 3. The number of halogens is 1. The van der Waals surface area contributed by atoms with Gasteiger partial charge >= 0.3 is 5.97 Å². The fourth-order valence-corrected chi connectivity index (χ4v) is 1.95. The van der Waals surface area contributed by atoms with Crippen molar-refractivity contribution in [3.63, 3.8) is 0 Å². The fourth-order valence-electron chi connectivity index (χ4n) is 1.95. The van der Waals surface area contributed by atoms with Gasteiger partial charge in [-0.2, -0.15) is 0 Å². The zero-order chi connectivity index (χ0) is 14.9. The Morgan fingerprint density at radius 3 is 2.75 bits per heavy atom. The van der Waals surface area contributed by atoms with Crippen molar-refractivity contribution in [2.24, 2.45) is 0 Å². The summed E-state index contributed by atoms with van der Waals surface area (Å²) < 4.78 is 18.5. The SMILES string of the molecule is C=C(CN1C(=O)C(=O)c2cccc(F)c21)C(=O)OCC. The van der Waals surface area contributed by atoms with E-state index in [9.17, 15) is 18.8 Å². The van der Waals surface area contributed by atoms with Crippen LogP contribution in [0.4, 0.5) is 10.1 Å². The average Bonchev–Trinajstić information content (AvgIpc) is 2.65. The number of amides is 1. The molecule has 0 fully saturated rings. The van der Waals surface area contributed by atoms with Gasteiger partial charge in [-0.1, -0.05) is 12.6 Å². The number of esters is 1. The zero-order valence-electron chi connectivity index (χ0n) is 10.8. The van der Waals surface area contributed by atoms with Crippen LogP contribution in [-0.4, -0.2) is 30.8 Å². The van der Waals surface area contributed by atoms with Crippen molar-refractivity contribution in [2.45, 2.75) is 6.92 Å². The largest absolute Gasteiger partial charge is 0.463 e. The lowest BCUT2D eigenvalue weighted by Crippen LogP contribution is -2.33. The predicted molar refractivity (Wildman–Crippen MR) is 68.9 cm³/mol. The smallest absolute Gasteiger partial charge is 0.335 e. The molecular weight excluding hydrogens is 265 g/mol. The number of nitrogens with zero attached hydrogens (tertiary/aromatic N) is 1. The molecule has 0 atom stereocenters. The van der Waals surface area contributed by atoms with Crippen LogP contribution in [0.2, 0.25) is 0 Å². The molecule has 104 valence electrons. The first kappa shape index (κ1) is 13.9. The number of ether oxygens (including phenoxy) is 1. The third-order valence-electron chi connectivity index (χ3n) is 2.85. The van der Waals surface area contributed by atoms with Crippen LogP contribution < -0.4 is 4.90 Å². The Hall–Kier alpha value is -2.50. The third kappa shape index (κ3) is 2.20. The van der Waals surface area contributed by atoms with E-state index < -0.39 is 23.5 Å². The fraction of sp³-hybridized carbons (Fsp3) is 0.214. The van der Waals surface area contributed by atoms with E-state index in [2.05, 4.69) is 6.58 Å². The quantitative estimate of drug-likeness (QED) is 0.475. The van der Waals surface area contributed by atoms with Crippen LogP contribution in [0, 0.1) is 5.82 Å². The van der Waals surface area contributed by atoms with Gasteiger partial charge in [-0.05, 0) is 19.1 Å². The third-order valence-corrected chi connectivity index (χ3v) is 2.85. The number of Topliss-reactive ketones (excluding diaryl/α,β-unsaturated/α-hetero) is 1. The second-order valence-corrected chi connectivity index (χ2v) is 4.18. The summed E-state index contributed by atoms with van der Waals surface area (Å²) in [5.41, 5.74) is -0.149. The molecule has 0 radical (unpaired) electrons. The maximum Gasteiger partial charge on any atom is 0.335 e. The van der Waals surface area contributed by atoms with Gasteiger partial charge in [-0.25, -0.2) is 9.18 Å². The van der Waals surface area contributed by atoms with Crippen molar-refractivity contribution < 1.29 is 23.5 Å². The highest BCUT2D eigenvalue weighted by Gasteiger charge is 2.38. The highest BCUT2D eigenvalue weighted by Crippen LogP contribution is 2.31. The van der Waals surface area contributed by atoms with Gasteiger partial charge in [-0.3, -0.25) is 14.5 Å². The Kier molecular flexibility index (Phi) is 3.65. The maximum atomic E-state index is 13.8. The van der Waals surface area contributed by atoms with Crippen molar-refractivity contribution in [3.05, 3.63) is 41.7 Å². The molecule has 0 bridgehead atoms. The number of hydrogen-bond acceptors (Lipinski definition) is 4. The number of anilines is 1. The topological polar surface area (TPSA) is 63.7 Å². The predicted octanol–water partition coefficient (Wildman–Crippen LogP) is 1.47. The molecule has 0 spiro atoms. The van der Waals surface area contributed by atoms with E-state index in [4.69, 9.17) is 4.74 Å². The van der Waals surface area contributed by atoms with E-state index in [0.717, 1.165) is 11.0 Å². The number of para-hydroxylation sites is 1.